The second-order valence-electron chi connectivity index (χ2n) is 13.2. The molecular weight excluding hydrogens is 521 g/mol. The van der Waals surface area contributed by atoms with Crippen LogP contribution < -0.4 is 15.9 Å². The Morgan fingerprint density at radius 2 is 1.32 bits per heavy atom. The summed E-state index contributed by atoms with van der Waals surface area (Å²) >= 11 is 0. The van der Waals surface area contributed by atoms with Crippen molar-refractivity contribution in [2.75, 3.05) is 0 Å². The zero-order valence-electron chi connectivity index (χ0n) is 25.2. The van der Waals surface area contributed by atoms with Gasteiger partial charge in [-0.1, -0.05) is 112 Å². The summed E-state index contributed by atoms with van der Waals surface area (Å²) < 4.78 is 7.11. The van der Waals surface area contributed by atoms with Gasteiger partial charge >= 0.3 is 0 Å². The quantitative estimate of drug-likeness (QED) is 0.165. The van der Waals surface area contributed by atoms with Crippen molar-refractivity contribution in [2.24, 2.45) is 0 Å². The van der Waals surface area contributed by atoms with Gasteiger partial charge < -0.3 is 4.43 Å². The lowest BCUT2D eigenvalue weighted by Crippen LogP contribution is -2.50. The lowest BCUT2D eigenvalue weighted by Gasteiger charge is -2.47. The van der Waals surface area contributed by atoms with E-state index in [1.54, 1.807) is 0 Å². The monoisotopic (exact) mass is 565 g/mol. The average Bonchev–Trinajstić information content (AvgIpc) is 2.93. The van der Waals surface area contributed by atoms with Gasteiger partial charge in [-0.2, -0.15) is 0 Å². The highest BCUT2D eigenvalue weighted by Gasteiger charge is 2.45. The minimum Gasteiger partial charge on any atom is -0.411 e. The van der Waals surface area contributed by atoms with E-state index in [-0.39, 0.29) is 16.6 Å². The number of nitrogens with zero attached hydrogens (tertiary/aromatic N) is 1. The molecule has 0 saturated heterocycles. The van der Waals surface area contributed by atoms with Crippen LogP contribution in [0.1, 0.15) is 64.6 Å². The van der Waals surface area contributed by atoms with Crippen molar-refractivity contribution in [2.45, 2.75) is 83.5 Å². The van der Waals surface area contributed by atoms with Gasteiger partial charge in [-0.15, -0.1) is 0 Å². The van der Waals surface area contributed by atoms with Gasteiger partial charge in [0, 0.05) is 11.5 Å². The van der Waals surface area contributed by atoms with Crippen LogP contribution in [-0.2, 0) is 10.8 Å². The number of aryl methyl sites for hydroxylation is 1. The summed E-state index contributed by atoms with van der Waals surface area (Å²) in [5.74, 6) is 0.280. The molecule has 3 aromatic carbocycles. The number of benzene rings is 3. The zero-order chi connectivity index (χ0) is 28.5. The Labute approximate surface area is 244 Å². The van der Waals surface area contributed by atoms with Gasteiger partial charge in [0.1, 0.15) is 0 Å². The summed E-state index contributed by atoms with van der Waals surface area (Å²) in [6.45, 7) is 16.3. The molecule has 1 aliphatic rings. The average molecular weight is 566 g/mol. The highest BCUT2D eigenvalue weighted by molar-refractivity contribution is 7.80. The molecule has 1 atom stereocenters. The van der Waals surface area contributed by atoms with Crippen molar-refractivity contribution >= 4 is 32.2 Å². The molecule has 0 N–H and O–H groups in total. The van der Waals surface area contributed by atoms with Gasteiger partial charge in [0.25, 0.3) is 0 Å². The Morgan fingerprint density at radius 1 is 0.750 bits per heavy atom. The first-order valence-corrected chi connectivity index (χ1v) is 18.9. The normalized spacial score (nSPS) is 16.1. The van der Waals surface area contributed by atoms with Crippen molar-refractivity contribution in [1.82, 2.24) is 4.98 Å². The van der Waals surface area contributed by atoms with Gasteiger partial charge in [-0.05, 0) is 86.7 Å². The van der Waals surface area contributed by atoms with Crippen LogP contribution >= 0.6 is 7.92 Å². The molecule has 0 saturated carbocycles. The van der Waals surface area contributed by atoms with Gasteiger partial charge in [-0.3, -0.25) is 4.98 Å². The number of hydrogen-bond acceptors (Lipinski definition) is 2. The molecule has 0 amide bonds. The van der Waals surface area contributed by atoms with Crippen molar-refractivity contribution < 1.29 is 4.43 Å². The van der Waals surface area contributed by atoms with Crippen LogP contribution in [0.5, 0.6) is 0 Å². The minimum atomic E-state index is -1.95. The fraction of sp³-hybridized carbons (Fsp3) is 0.361. The molecule has 0 spiro atoms. The third-order valence-electron chi connectivity index (χ3n) is 8.89. The standard InChI is InChI=1S/C36H44NOPSi/c1-35(2,3)40(6,7)38-36(4,5)31-23-16-17-27-25-26-32(37-34(27)31)30-22-14-15-24-33(30)39(28-18-10-8-11-19-28)29-20-12-9-13-21-29/h8-15,18-22,24-26,31H,16-17,23H2,1-7H3/t31-/m0/s1. The summed E-state index contributed by atoms with van der Waals surface area (Å²) in [7, 11) is -2.67. The maximum Gasteiger partial charge on any atom is 0.192 e. The maximum absolute atomic E-state index is 7.11. The molecule has 208 valence electrons. The van der Waals surface area contributed by atoms with Gasteiger partial charge in [-0.25, -0.2) is 0 Å². The lowest BCUT2D eigenvalue weighted by atomic mass is 9.77. The van der Waals surface area contributed by atoms with Crippen molar-refractivity contribution in [3.63, 3.8) is 0 Å². The molecule has 0 unspecified atom stereocenters. The summed E-state index contributed by atoms with van der Waals surface area (Å²) in [4.78, 5) is 5.50. The van der Waals surface area contributed by atoms with E-state index in [4.69, 9.17) is 9.41 Å². The molecule has 0 fully saturated rings. The topological polar surface area (TPSA) is 22.1 Å². The fourth-order valence-corrected chi connectivity index (χ4v) is 10.0. The Bertz CT molecular complexity index is 1400. The van der Waals surface area contributed by atoms with E-state index < -0.39 is 16.2 Å². The van der Waals surface area contributed by atoms with Gasteiger partial charge in [0.15, 0.2) is 8.32 Å². The predicted octanol–water partition coefficient (Wildman–Crippen LogP) is 8.73. The van der Waals surface area contributed by atoms with E-state index >= 15 is 0 Å². The van der Waals surface area contributed by atoms with Gasteiger partial charge in [0.05, 0.1) is 17.0 Å². The van der Waals surface area contributed by atoms with E-state index in [1.165, 1.54) is 39.2 Å². The van der Waals surface area contributed by atoms with E-state index in [0.717, 1.165) is 18.5 Å². The Balaban J connectivity index is 1.60. The lowest BCUT2D eigenvalue weighted by molar-refractivity contribution is 0.0536. The molecule has 1 aliphatic carbocycles. The molecule has 2 nitrogen and oxygen atoms in total. The van der Waals surface area contributed by atoms with Crippen LogP contribution in [0, 0.1) is 0 Å². The van der Waals surface area contributed by atoms with E-state index in [0.29, 0.717) is 0 Å². The van der Waals surface area contributed by atoms with Crippen molar-refractivity contribution in [1.29, 1.82) is 0 Å². The van der Waals surface area contributed by atoms with E-state index in [9.17, 15) is 0 Å². The third-order valence-corrected chi connectivity index (χ3v) is 16.0. The highest BCUT2D eigenvalue weighted by atomic mass is 31.1. The van der Waals surface area contributed by atoms with Crippen LogP contribution in [0.2, 0.25) is 18.1 Å². The summed E-state index contributed by atoms with van der Waals surface area (Å²) in [5, 5.41) is 4.24. The van der Waals surface area contributed by atoms with Crippen LogP contribution in [0.4, 0.5) is 0 Å². The van der Waals surface area contributed by atoms with E-state index in [2.05, 4.69) is 145 Å². The van der Waals surface area contributed by atoms with Crippen LogP contribution in [0.3, 0.4) is 0 Å². The first-order valence-electron chi connectivity index (χ1n) is 14.7. The van der Waals surface area contributed by atoms with Crippen LogP contribution in [-0.4, -0.2) is 18.9 Å². The number of pyridine rings is 1. The zero-order valence-corrected chi connectivity index (χ0v) is 27.1. The minimum absolute atomic E-state index is 0.169. The van der Waals surface area contributed by atoms with Crippen LogP contribution in [0.15, 0.2) is 97.1 Å². The maximum atomic E-state index is 7.11. The second kappa shape index (κ2) is 11.4. The molecule has 5 rings (SSSR count). The number of rotatable bonds is 7. The Hall–Kier alpha value is -2.58. The summed E-state index contributed by atoms with van der Waals surface area (Å²) in [6, 6.07) is 35.4. The third kappa shape index (κ3) is 5.89. The van der Waals surface area contributed by atoms with Crippen molar-refractivity contribution in [3.8, 4) is 11.3 Å². The highest BCUT2D eigenvalue weighted by Crippen LogP contribution is 2.46. The number of aromatic nitrogens is 1. The molecular formula is C36H44NOPSi. The molecule has 1 aromatic heterocycles. The smallest absolute Gasteiger partial charge is 0.192 e. The molecule has 40 heavy (non-hydrogen) atoms. The Morgan fingerprint density at radius 3 is 1.93 bits per heavy atom. The molecule has 1 heterocycles. The van der Waals surface area contributed by atoms with E-state index in [1.807, 2.05) is 0 Å². The summed E-state index contributed by atoms with van der Waals surface area (Å²) in [5.41, 5.74) is 4.66. The number of fused-ring (bicyclic) bond motifs is 1. The first kappa shape index (κ1) is 28.9. The second-order valence-corrected chi connectivity index (χ2v) is 20.1. The molecule has 0 bridgehead atoms. The van der Waals surface area contributed by atoms with Crippen molar-refractivity contribution in [3.05, 3.63) is 108 Å². The number of hydrogen-bond donors (Lipinski definition) is 0. The molecule has 0 aliphatic heterocycles. The Kier molecular flexibility index (Phi) is 8.21. The van der Waals surface area contributed by atoms with Gasteiger partial charge in [0.2, 0.25) is 0 Å². The fourth-order valence-electron chi connectivity index (χ4n) is 5.83. The first-order chi connectivity index (χ1) is 19.0. The summed E-state index contributed by atoms with van der Waals surface area (Å²) in [6.07, 6.45) is 3.40. The SMILES string of the molecule is CC(C)(O[Si](C)(C)C(C)(C)C)[C@H]1CCCc2ccc(-c3ccccc3P(c3ccccc3)c3ccccc3)nc21. The molecule has 4 aromatic rings. The van der Waals surface area contributed by atoms with Crippen LogP contribution in [0.25, 0.3) is 11.3 Å². The molecule has 4 heteroatoms. The predicted molar refractivity (Wildman–Crippen MR) is 176 cm³/mol. The molecule has 0 radical (unpaired) electrons. The largest absolute Gasteiger partial charge is 0.411 e.